The fourth-order valence-electron chi connectivity index (χ4n) is 2.92. The highest BCUT2D eigenvalue weighted by Gasteiger charge is 2.24. The summed E-state index contributed by atoms with van der Waals surface area (Å²) in [6, 6.07) is 7.31. The topological polar surface area (TPSA) is 87.7 Å². The molecule has 0 radical (unpaired) electrons. The number of piperidine rings is 1. The molecule has 2 rings (SSSR count). The third-order valence-corrected chi connectivity index (χ3v) is 4.77. The van der Waals surface area contributed by atoms with Crippen molar-refractivity contribution in [1.82, 2.24) is 15.5 Å². The summed E-state index contributed by atoms with van der Waals surface area (Å²) in [7, 11) is 0. The van der Waals surface area contributed by atoms with Gasteiger partial charge in [-0.2, -0.15) is 0 Å². The van der Waals surface area contributed by atoms with Gasteiger partial charge in [0.05, 0.1) is 0 Å². The van der Waals surface area contributed by atoms with Crippen LogP contribution in [-0.2, 0) is 9.53 Å². The predicted octanol–water partition coefficient (Wildman–Crippen LogP) is 3.08. The Kier molecular flexibility index (Phi) is 7.86. The Hall–Kier alpha value is -2.09. The van der Waals surface area contributed by atoms with Gasteiger partial charge in [-0.3, -0.25) is 9.59 Å². The number of alkyl carbamates (subject to hydrolysis) is 1. The molecule has 7 nitrogen and oxygen atoms in total. The number of hydrogen-bond donors (Lipinski definition) is 2. The van der Waals surface area contributed by atoms with E-state index in [4.69, 9.17) is 4.74 Å². The molecule has 154 valence electrons. The van der Waals surface area contributed by atoms with Crippen LogP contribution in [-0.4, -0.2) is 54.1 Å². The number of ether oxygens (including phenoxy) is 1. The second kappa shape index (κ2) is 9.91. The fraction of sp³-hybridized carbons (Fsp3) is 0.550. The van der Waals surface area contributed by atoms with Gasteiger partial charge in [-0.1, -0.05) is 22.0 Å². The third kappa shape index (κ3) is 7.50. The molecule has 1 aromatic carbocycles. The van der Waals surface area contributed by atoms with Crippen molar-refractivity contribution in [1.29, 1.82) is 0 Å². The number of amides is 3. The summed E-state index contributed by atoms with van der Waals surface area (Å²) in [5.41, 5.74) is 0.0528. The molecule has 0 spiro atoms. The van der Waals surface area contributed by atoms with E-state index in [1.807, 2.05) is 12.1 Å². The fourth-order valence-corrected chi connectivity index (χ4v) is 3.31. The summed E-state index contributed by atoms with van der Waals surface area (Å²) in [4.78, 5) is 38.0. The highest BCUT2D eigenvalue weighted by Crippen LogP contribution is 2.15. The standard InChI is InChI=1S/C20H28BrN3O4/c1-20(2,3)28-19(27)22-10-7-17(25)24-11-8-16(9-12-24)23-18(26)14-5-4-6-15(21)13-14/h4-6,13,16H,7-12H2,1-3H3,(H,22,27)(H,23,26). The van der Waals surface area contributed by atoms with E-state index in [1.165, 1.54) is 0 Å². The van der Waals surface area contributed by atoms with E-state index in [9.17, 15) is 14.4 Å². The molecule has 0 unspecified atom stereocenters. The van der Waals surface area contributed by atoms with Crippen molar-refractivity contribution in [2.24, 2.45) is 0 Å². The van der Waals surface area contributed by atoms with E-state index >= 15 is 0 Å². The maximum Gasteiger partial charge on any atom is 0.407 e. The van der Waals surface area contributed by atoms with Crippen molar-refractivity contribution in [3.05, 3.63) is 34.3 Å². The Bertz CT molecular complexity index is 710. The number of carbonyl (C=O) groups is 3. The summed E-state index contributed by atoms with van der Waals surface area (Å²) in [6.07, 6.45) is 1.14. The number of halogens is 1. The number of rotatable bonds is 5. The molecular formula is C20H28BrN3O4. The maximum atomic E-state index is 12.3. The lowest BCUT2D eigenvalue weighted by molar-refractivity contribution is -0.132. The van der Waals surface area contributed by atoms with E-state index in [2.05, 4.69) is 26.6 Å². The Morgan fingerprint density at radius 3 is 2.50 bits per heavy atom. The van der Waals surface area contributed by atoms with Gasteiger partial charge in [-0.15, -0.1) is 0 Å². The first-order chi connectivity index (χ1) is 13.1. The minimum absolute atomic E-state index is 0.00664. The average molecular weight is 454 g/mol. The van der Waals surface area contributed by atoms with E-state index in [0.717, 1.165) is 4.47 Å². The molecule has 0 aromatic heterocycles. The summed E-state index contributed by atoms with van der Waals surface area (Å²) >= 11 is 3.36. The molecule has 28 heavy (non-hydrogen) atoms. The lowest BCUT2D eigenvalue weighted by atomic mass is 10.0. The summed E-state index contributed by atoms with van der Waals surface area (Å²) in [6.45, 7) is 6.79. The molecule has 8 heteroatoms. The highest BCUT2D eigenvalue weighted by molar-refractivity contribution is 9.10. The van der Waals surface area contributed by atoms with E-state index < -0.39 is 11.7 Å². The largest absolute Gasteiger partial charge is 0.444 e. The molecule has 1 saturated heterocycles. The maximum absolute atomic E-state index is 12.3. The Labute approximate surface area is 174 Å². The minimum Gasteiger partial charge on any atom is -0.444 e. The molecule has 0 aliphatic carbocycles. The summed E-state index contributed by atoms with van der Waals surface area (Å²) < 4.78 is 6.00. The second-order valence-electron chi connectivity index (χ2n) is 7.82. The average Bonchev–Trinajstić information content (AvgIpc) is 2.60. The first-order valence-corrected chi connectivity index (χ1v) is 10.2. The predicted molar refractivity (Wildman–Crippen MR) is 110 cm³/mol. The van der Waals surface area contributed by atoms with Crippen LogP contribution in [0, 0.1) is 0 Å². The number of nitrogens with one attached hydrogen (secondary N) is 2. The van der Waals surface area contributed by atoms with Gasteiger partial charge in [-0.05, 0) is 51.8 Å². The Morgan fingerprint density at radius 2 is 1.89 bits per heavy atom. The van der Waals surface area contributed by atoms with Crippen LogP contribution in [0.15, 0.2) is 28.7 Å². The van der Waals surface area contributed by atoms with Crippen LogP contribution in [0.3, 0.4) is 0 Å². The monoisotopic (exact) mass is 453 g/mol. The molecule has 1 fully saturated rings. The molecule has 0 bridgehead atoms. The number of likely N-dealkylation sites (tertiary alicyclic amines) is 1. The first kappa shape index (κ1) is 22.2. The quantitative estimate of drug-likeness (QED) is 0.716. The van der Waals surface area contributed by atoms with Crippen molar-refractivity contribution in [3.63, 3.8) is 0 Å². The zero-order valence-corrected chi connectivity index (χ0v) is 18.2. The van der Waals surface area contributed by atoms with E-state index in [1.54, 1.807) is 37.8 Å². The SMILES string of the molecule is CC(C)(C)OC(=O)NCCC(=O)N1CCC(NC(=O)c2cccc(Br)c2)CC1. The number of hydrogen-bond acceptors (Lipinski definition) is 4. The van der Waals surface area contributed by atoms with Crippen LogP contribution in [0.5, 0.6) is 0 Å². The lowest BCUT2D eigenvalue weighted by Crippen LogP contribution is -2.47. The Morgan fingerprint density at radius 1 is 1.21 bits per heavy atom. The van der Waals surface area contributed by atoms with Gasteiger partial charge in [0.2, 0.25) is 5.91 Å². The van der Waals surface area contributed by atoms with E-state index in [0.29, 0.717) is 31.5 Å². The molecule has 1 aromatic rings. The van der Waals surface area contributed by atoms with Crippen molar-refractivity contribution in [3.8, 4) is 0 Å². The van der Waals surface area contributed by atoms with Crippen LogP contribution >= 0.6 is 15.9 Å². The highest BCUT2D eigenvalue weighted by atomic mass is 79.9. The van der Waals surface area contributed by atoms with Gasteiger partial charge in [0, 0.05) is 42.1 Å². The zero-order valence-electron chi connectivity index (χ0n) is 16.6. The van der Waals surface area contributed by atoms with Gasteiger partial charge >= 0.3 is 6.09 Å². The second-order valence-corrected chi connectivity index (χ2v) is 8.73. The van der Waals surface area contributed by atoms with Crippen LogP contribution < -0.4 is 10.6 Å². The smallest absolute Gasteiger partial charge is 0.407 e. The van der Waals surface area contributed by atoms with Crippen molar-refractivity contribution >= 4 is 33.8 Å². The van der Waals surface area contributed by atoms with Crippen molar-refractivity contribution in [2.45, 2.75) is 51.7 Å². The van der Waals surface area contributed by atoms with Gasteiger partial charge in [0.25, 0.3) is 5.91 Å². The minimum atomic E-state index is -0.559. The number of carbonyl (C=O) groups excluding carboxylic acids is 3. The molecule has 1 aliphatic rings. The lowest BCUT2D eigenvalue weighted by Gasteiger charge is -2.32. The van der Waals surface area contributed by atoms with Crippen LogP contribution in [0.25, 0.3) is 0 Å². The number of nitrogens with zero attached hydrogens (tertiary/aromatic N) is 1. The van der Waals surface area contributed by atoms with Crippen molar-refractivity contribution < 1.29 is 19.1 Å². The molecule has 1 heterocycles. The molecule has 0 atom stereocenters. The zero-order chi connectivity index (χ0) is 20.7. The molecule has 2 N–H and O–H groups in total. The molecule has 3 amide bonds. The normalized spacial score (nSPS) is 15.1. The van der Waals surface area contributed by atoms with Gasteiger partial charge in [0.1, 0.15) is 5.60 Å². The van der Waals surface area contributed by atoms with Crippen LogP contribution in [0.2, 0.25) is 0 Å². The molecule has 1 aliphatic heterocycles. The van der Waals surface area contributed by atoms with Crippen LogP contribution in [0.4, 0.5) is 4.79 Å². The summed E-state index contributed by atoms with van der Waals surface area (Å²) in [5, 5.41) is 5.63. The van der Waals surface area contributed by atoms with E-state index in [-0.39, 0.29) is 30.8 Å². The van der Waals surface area contributed by atoms with Crippen LogP contribution in [0.1, 0.15) is 50.4 Å². The molecule has 0 saturated carbocycles. The van der Waals surface area contributed by atoms with Crippen molar-refractivity contribution in [2.75, 3.05) is 19.6 Å². The third-order valence-electron chi connectivity index (χ3n) is 4.28. The summed E-state index contributed by atoms with van der Waals surface area (Å²) in [5.74, 6) is -0.111. The van der Waals surface area contributed by atoms with Gasteiger partial charge in [-0.25, -0.2) is 4.79 Å². The van der Waals surface area contributed by atoms with Gasteiger partial charge in [0.15, 0.2) is 0 Å². The first-order valence-electron chi connectivity index (χ1n) is 9.45. The Balaban J connectivity index is 1.69. The molecular weight excluding hydrogens is 426 g/mol. The number of benzene rings is 1. The van der Waals surface area contributed by atoms with Gasteiger partial charge < -0.3 is 20.3 Å².